The van der Waals surface area contributed by atoms with E-state index in [1.54, 1.807) is 6.92 Å². The van der Waals surface area contributed by atoms with Crippen molar-refractivity contribution < 1.29 is 9.53 Å². The number of Topliss-reactive ketones (excluding diaryl/α,β-unsaturated/α-hetero) is 1. The van der Waals surface area contributed by atoms with Crippen molar-refractivity contribution in [1.82, 2.24) is 5.32 Å². The highest BCUT2D eigenvalue weighted by Crippen LogP contribution is 2.16. The molecule has 0 aliphatic carbocycles. The normalized spacial score (nSPS) is 20.4. The molecule has 1 aromatic carbocycles. The Morgan fingerprint density at radius 2 is 2.12 bits per heavy atom. The summed E-state index contributed by atoms with van der Waals surface area (Å²) in [5, 5.41) is 3.31. The minimum Gasteiger partial charge on any atom is -0.489 e. The fourth-order valence-electron chi connectivity index (χ4n) is 1.88. The largest absolute Gasteiger partial charge is 0.489 e. The van der Waals surface area contributed by atoms with E-state index in [-0.39, 0.29) is 11.9 Å². The topological polar surface area (TPSA) is 38.3 Å². The number of rotatable bonds is 3. The van der Waals surface area contributed by atoms with Gasteiger partial charge in [-0.05, 0) is 50.6 Å². The molecule has 1 aliphatic heterocycles. The lowest BCUT2D eigenvalue weighted by molar-refractivity contribution is 0.101. The molecule has 1 atom stereocenters. The van der Waals surface area contributed by atoms with Gasteiger partial charge in [-0.2, -0.15) is 0 Å². The molecule has 0 radical (unpaired) electrons. The van der Waals surface area contributed by atoms with Gasteiger partial charge < -0.3 is 10.1 Å². The van der Waals surface area contributed by atoms with Crippen LogP contribution in [0.2, 0.25) is 0 Å². The molecule has 1 heterocycles. The minimum atomic E-state index is 0.0888. The number of nitrogens with one attached hydrogen (secondary N) is 1. The Labute approximate surface area is 95.8 Å². The molecule has 0 bridgehead atoms. The molecule has 0 spiro atoms. The van der Waals surface area contributed by atoms with Gasteiger partial charge in [0.05, 0.1) is 0 Å². The Balaban J connectivity index is 1.96. The smallest absolute Gasteiger partial charge is 0.159 e. The van der Waals surface area contributed by atoms with Crippen LogP contribution in [0.25, 0.3) is 0 Å². The zero-order chi connectivity index (χ0) is 11.4. The van der Waals surface area contributed by atoms with Crippen LogP contribution in [0, 0.1) is 0 Å². The van der Waals surface area contributed by atoms with Crippen LogP contribution < -0.4 is 10.1 Å². The highest BCUT2D eigenvalue weighted by atomic mass is 16.5. The summed E-state index contributed by atoms with van der Waals surface area (Å²) in [6.45, 7) is 3.57. The van der Waals surface area contributed by atoms with Gasteiger partial charge in [0, 0.05) is 12.1 Å². The Hall–Kier alpha value is -1.35. The Bertz CT molecular complexity index is 353. The first-order chi connectivity index (χ1) is 7.75. The summed E-state index contributed by atoms with van der Waals surface area (Å²) in [6.07, 6.45) is 2.52. The first-order valence-corrected chi connectivity index (χ1v) is 5.74. The number of benzene rings is 1. The molecule has 16 heavy (non-hydrogen) atoms. The molecule has 1 fully saturated rings. The molecular formula is C13H17NO2. The zero-order valence-electron chi connectivity index (χ0n) is 9.53. The van der Waals surface area contributed by atoms with E-state index in [4.69, 9.17) is 4.74 Å². The first-order valence-electron chi connectivity index (χ1n) is 5.74. The van der Waals surface area contributed by atoms with Crippen molar-refractivity contribution in [1.29, 1.82) is 0 Å². The van der Waals surface area contributed by atoms with Crippen LogP contribution >= 0.6 is 0 Å². The molecule has 1 N–H and O–H groups in total. The average Bonchev–Trinajstić information content (AvgIpc) is 2.31. The monoisotopic (exact) mass is 219 g/mol. The lowest BCUT2D eigenvalue weighted by atomic mass is 10.1. The fourth-order valence-corrected chi connectivity index (χ4v) is 1.88. The zero-order valence-corrected chi connectivity index (χ0v) is 9.53. The van der Waals surface area contributed by atoms with Crippen molar-refractivity contribution in [3.05, 3.63) is 29.8 Å². The van der Waals surface area contributed by atoms with Gasteiger partial charge in [-0.3, -0.25) is 4.79 Å². The molecule has 0 unspecified atom stereocenters. The third-order valence-electron chi connectivity index (χ3n) is 2.82. The summed E-state index contributed by atoms with van der Waals surface area (Å²) in [5.41, 5.74) is 0.731. The van der Waals surface area contributed by atoms with E-state index in [9.17, 15) is 4.79 Å². The van der Waals surface area contributed by atoms with Crippen molar-refractivity contribution in [3.8, 4) is 5.75 Å². The summed E-state index contributed by atoms with van der Waals surface area (Å²) < 4.78 is 5.82. The van der Waals surface area contributed by atoms with Crippen LogP contribution in [-0.2, 0) is 0 Å². The number of ether oxygens (including phenoxy) is 1. The summed E-state index contributed by atoms with van der Waals surface area (Å²) >= 11 is 0. The molecule has 86 valence electrons. The van der Waals surface area contributed by atoms with Crippen LogP contribution in [0.15, 0.2) is 24.3 Å². The van der Waals surface area contributed by atoms with E-state index >= 15 is 0 Å². The number of carbonyl (C=O) groups excluding carboxylic acids is 1. The van der Waals surface area contributed by atoms with Gasteiger partial charge in [0.2, 0.25) is 0 Å². The van der Waals surface area contributed by atoms with Crippen molar-refractivity contribution in [2.75, 3.05) is 13.1 Å². The number of piperidine rings is 1. The van der Waals surface area contributed by atoms with E-state index in [0.717, 1.165) is 37.2 Å². The third kappa shape index (κ3) is 2.83. The number of hydrogen-bond acceptors (Lipinski definition) is 3. The van der Waals surface area contributed by atoms with Gasteiger partial charge >= 0.3 is 0 Å². The van der Waals surface area contributed by atoms with E-state index in [2.05, 4.69) is 5.32 Å². The number of hydrogen-bond donors (Lipinski definition) is 1. The van der Waals surface area contributed by atoms with Crippen LogP contribution in [0.4, 0.5) is 0 Å². The summed E-state index contributed by atoms with van der Waals surface area (Å²) in [5.74, 6) is 0.935. The van der Waals surface area contributed by atoms with Crippen LogP contribution in [0.1, 0.15) is 30.1 Å². The highest BCUT2D eigenvalue weighted by Gasteiger charge is 2.14. The molecular weight excluding hydrogens is 202 g/mol. The van der Waals surface area contributed by atoms with Crippen molar-refractivity contribution in [3.63, 3.8) is 0 Å². The predicted octanol–water partition coefficient (Wildman–Crippen LogP) is 2.02. The van der Waals surface area contributed by atoms with E-state index < -0.39 is 0 Å². The van der Waals surface area contributed by atoms with Crippen LogP contribution in [0.3, 0.4) is 0 Å². The van der Waals surface area contributed by atoms with Crippen molar-refractivity contribution in [2.45, 2.75) is 25.9 Å². The maximum Gasteiger partial charge on any atom is 0.159 e. The second kappa shape index (κ2) is 5.12. The second-order valence-electron chi connectivity index (χ2n) is 4.17. The molecule has 0 amide bonds. The van der Waals surface area contributed by atoms with Gasteiger partial charge in [0.15, 0.2) is 5.78 Å². The predicted molar refractivity (Wildman–Crippen MR) is 63.0 cm³/mol. The quantitative estimate of drug-likeness (QED) is 0.790. The SMILES string of the molecule is CC(=O)c1ccc(O[C@@H]2CCCNC2)cc1. The average molecular weight is 219 g/mol. The molecule has 1 aliphatic rings. The lowest BCUT2D eigenvalue weighted by Crippen LogP contribution is -2.37. The molecule has 1 saturated heterocycles. The maximum absolute atomic E-state index is 11.1. The first kappa shape index (κ1) is 11.1. The van der Waals surface area contributed by atoms with E-state index in [1.165, 1.54) is 0 Å². The lowest BCUT2D eigenvalue weighted by Gasteiger charge is -2.23. The van der Waals surface area contributed by atoms with E-state index in [1.807, 2.05) is 24.3 Å². The Morgan fingerprint density at radius 1 is 1.38 bits per heavy atom. The van der Waals surface area contributed by atoms with Gasteiger partial charge in [0.25, 0.3) is 0 Å². The second-order valence-corrected chi connectivity index (χ2v) is 4.17. The van der Waals surface area contributed by atoms with Gasteiger partial charge in [-0.1, -0.05) is 0 Å². The molecule has 0 aromatic heterocycles. The van der Waals surface area contributed by atoms with Gasteiger partial charge in [0.1, 0.15) is 11.9 Å². The molecule has 2 rings (SSSR count). The number of ketones is 1. The molecule has 1 aromatic rings. The molecule has 3 heteroatoms. The Morgan fingerprint density at radius 3 is 2.69 bits per heavy atom. The minimum absolute atomic E-state index is 0.0888. The van der Waals surface area contributed by atoms with Crippen LogP contribution in [0.5, 0.6) is 5.75 Å². The van der Waals surface area contributed by atoms with E-state index in [0.29, 0.717) is 0 Å². The molecule has 3 nitrogen and oxygen atoms in total. The van der Waals surface area contributed by atoms with Crippen molar-refractivity contribution >= 4 is 5.78 Å². The number of carbonyl (C=O) groups is 1. The van der Waals surface area contributed by atoms with Crippen molar-refractivity contribution in [2.24, 2.45) is 0 Å². The standard InChI is InChI=1S/C13H17NO2/c1-10(15)11-4-6-12(7-5-11)16-13-3-2-8-14-9-13/h4-7,13-14H,2-3,8-9H2,1H3/t13-/m1/s1. The fraction of sp³-hybridized carbons (Fsp3) is 0.462. The summed E-state index contributed by atoms with van der Waals surface area (Å²) in [4.78, 5) is 11.1. The van der Waals surface area contributed by atoms with Crippen LogP contribution in [-0.4, -0.2) is 25.0 Å². The summed E-state index contributed by atoms with van der Waals surface area (Å²) in [7, 11) is 0. The maximum atomic E-state index is 11.1. The highest BCUT2D eigenvalue weighted by molar-refractivity contribution is 5.94. The van der Waals surface area contributed by atoms with Gasteiger partial charge in [-0.25, -0.2) is 0 Å². The molecule has 0 saturated carbocycles. The Kier molecular flexibility index (Phi) is 3.57. The summed E-state index contributed by atoms with van der Waals surface area (Å²) in [6, 6.07) is 7.36. The van der Waals surface area contributed by atoms with Gasteiger partial charge in [-0.15, -0.1) is 0 Å². The third-order valence-corrected chi connectivity index (χ3v) is 2.82.